The predicted molar refractivity (Wildman–Crippen MR) is 203 cm³/mol. The second-order valence-corrected chi connectivity index (χ2v) is 16.8. The van der Waals surface area contributed by atoms with E-state index < -0.39 is 17.7 Å². The number of pyridine rings is 1. The predicted octanol–water partition coefficient (Wildman–Crippen LogP) is 7.67. The van der Waals surface area contributed by atoms with Gasteiger partial charge in [-0.3, -0.25) is 9.88 Å². The van der Waals surface area contributed by atoms with Gasteiger partial charge in [0.05, 0.1) is 36.9 Å². The van der Waals surface area contributed by atoms with E-state index in [1.165, 1.54) is 11.1 Å². The SMILES string of the molecule is CC[N+](CC)(CC)Cc1nc(C)c([C@H](OC(C)(C)C)C(=O)[O-])c(N2CCC(C)(C)CC2)c1-c1ccc2c(c1)CCN(Cc1ccc(F)cc1C)C2. The average molecular weight is 701 g/mol. The van der Waals surface area contributed by atoms with Crippen LogP contribution in [0.1, 0.15) is 114 Å². The Morgan fingerprint density at radius 3 is 2.25 bits per heavy atom. The molecule has 0 radical (unpaired) electrons. The highest BCUT2D eigenvalue weighted by atomic mass is 19.1. The number of ether oxygens (including phenoxy) is 1. The molecule has 0 N–H and O–H groups in total. The van der Waals surface area contributed by atoms with E-state index in [0.29, 0.717) is 11.3 Å². The fourth-order valence-electron chi connectivity index (χ4n) is 8.04. The molecule has 1 saturated heterocycles. The first-order valence-corrected chi connectivity index (χ1v) is 19.1. The molecule has 7 nitrogen and oxygen atoms in total. The van der Waals surface area contributed by atoms with Gasteiger partial charge in [-0.1, -0.05) is 38.1 Å². The number of quaternary nitrogens is 1. The van der Waals surface area contributed by atoms with Crippen molar-refractivity contribution in [1.29, 1.82) is 0 Å². The van der Waals surface area contributed by atoms with Gasteiger partial charge in [-0.25, -0.2) is 4.39 Å². The molecule has 0 spiro atoms. The molecular formula is C43H61FN4O3. The summed E-state index contributed by atoms with van der Waals surface area (Å²) < 4.78 is 21.0. The molecule has 0 bridgehead atoms. The number of piperidine rings is 1. The molecule has 1 atom stereocenters. The Balaban J connectivity index is 1.69. The molecule has 278 valence electrons. The number of carbonyl (C=O) groups is 1. The number of aromatic nitrogens is 1. The normalized spacial score (nSPS) is 17.4. The smallest absolute Gasteiger partial charge is 0.126 e. The standard InChI is InChI=1S/C43H61FN4O3/c1-11-48(12-2,13-3)28-36-38(32-14-15-34-27-46(21-18-31(34)25-32)26-33-16-17-35(44)24-29(33)4)39(47-22-19-43(9,10)20-23-47)37(30(5)45-36)40(41(49)50)51-42(6,7)8/h14-17,24-25,40H,11-13,18-23,26-28H2,1-10H3/t40-/m0/s1. The van der Waals surface area contributed by atoms with E-state index in [4.69, 9.17) is 9.72 Å². The summed E-state index contributed by atoms with van der Waals surface area (Å²) in [6.45, 7) is 28.8. The first-order chi connectivity index (χ1) is 24.0. The maximum Gasteiger partial charge on any atom is 0.126 e. The molecule has 3 heterocycles. The molecule has 8 heteroatoms. The second-order valence-electron chi connectivity index (χ2n) is 16.8. The van der Waals surface area contributed by atoms with E-state index in [2.05, 4.69) is 62.6 Å². The van der Waals surface area contributed by atoms with Crippen LogP contribution in [0.3, 0.4) is 0 Å². The topological polar surface area (TPSA) is 68.7 Å². The number of fused-ring (bicyclic) bond motifs is 1. The number of benzene rings is 2. The van der Waals surface area contributed by atoms with Crippen molar-refractivity contribution in [3.8, 4) is 11.1 Å². The van der Waals surface area contributed by atoms with Gasteiger partial charge in [0.1, 0.15) is 24.2 Å². The van der Waals surface area contributed by atoms with Crippen LogP contribution >= 0.6 is 0 Å². The van der Waals surface area contributed by atoms with Gasteiger partial charge in [0, 0.05) is 49.5 Å². The largest absolute Gasteiger partial charge is 0.547 e. The Labute approximate surface area is 306 Å². The monoisotopic (exact) mass is 700 g/mol. The molecule has 1 fully saturated rings. The van der Waals surface area contributed by atoms with Gasteiger partial charge < -0.3 is 24.0 Å². The molecule has 3 aromatic rings. The van der Waals surface area contributed by atoms with Gasteiger partial charge >= 0.3 is 0 Å². The van der Waals surface area contributed by atoms with Gasteiger partial charge in [-0.2, -0.15) is 0 Å². The second kappa shape index (κ2) is 15.3. The summed E-state index contributed by atoms with van der Waals surface area (Å²) >= 11 is 0. The minimum atomic E-state index is -1.26. The zero-order valence-electron chi connectivity index (χ0n) is 32.9. The number of hydrogen-bond donors (Lipinski definition) is 0. The zero-order valence-corrected chi connectivity index (χ0v) is 32.9. The van der Waals surface area contributed by atoms with Crippen LogP contribution in [0.2, 0.25) is 0 Å². The number of carboxylic acid groups (broad SMARTS) is 1. The minimum absolute atomic E-state index is 0.197. The third-order valence-electron chi connectivity index (χ3n) is 11.6. The molecule has 2 aromatic carbocycles. The maximum absolute atomic E-state index is 13.8. The number of carbonyl (C=O) groups excluding carboxylic acids is 1. The highest BCUT2D eigenvalue weighted by Crippen LogP contribution is 2.46. The number of rotatable bonds is 12. The first-order valence-electron chi connectivity index (χ1n) is 19.1. The fourth-order valence-corrected chi connectivity index (χ4v) is 8.04. The van der Waals surface area contributed by atoms with Crippen molar-refractivity contribution in [3.63, 3.8) is 0 Å². The number of aryl methyl sites for hydroxylation is 2. The van der Waals surface area contributed by atoms with Gasteiger partial charge in [0.15, 0.2) is 0 Å². The summed E-state index contributed by atoms with van der Waals surface area (Å²) in [4.78, 5) is 23.2. The molecule has 2 aliphatic heterocycles. The first kappa shape index (κ1) is 38.9. The van der Waals surface area contributed by atoms with Gasteiger partial charge in [0.2, 0.25) is 0 Å². The van der Waals surface area contributed by atoms with Crippen molar-refractivity contribution in [3.05, 3.63) is 81.4 Å². The Morgan fingerprint density at radius 2 is 1.67 bits per heavy atom. The molecule has 1 aromatic heterocycles. The maximum atomic E-state index is 13.8. The van der Waals surface area contributed by atoms with Crippen LogP contribution in [-0.2, 0) is 35.6 Å². The minimum Gasteiger partial charge on any atom is -0.547 e. The van der Waals surface area contributed by atoms with Crippen LogP contribution in [0.5, 0.6) is 0 Å². The van der Waals surface area contributed by atoms with Gasteiger partial charge in [-0.15, -0.1) is 0 Å². The summed E-state index contributed by atoms with van der Waals surface area (Å²) in [5.74, 6) is -1.44. The molecule has 0 saturated carbocycles. The lowest BCUT2D eigenvalue weighted by Gasteiger charge is -2.42. The molecule has 2 aliphatic rings. The van der Waals surface area contributed by atoms with E-state index in [1.54, 1.807) is 12.1 Å². The summed E-state index contributed by atoms with van der Waals surface area (Å²) in [5.41, 5.74) is 9.60. The Bertz CT molecular complexity index is 1710. The zero-order chi connectivity index (χ0) is 37.3. The van der Waals surface area contributed by atoms with Crippen LogP contribution in [0, 0.1) is 25.1 Å². The third-order valence-corrected chi connectivity index (χ3v) is 11.6. The van der Waals surface area contributed by atoms with Crippen molar-refractivity contribution < 1.29 is 23.5 Å². The van der Waals surface area contributed by atoms with Crippen molar-refractivity contribution in [2.24, 2.45) is 5.41 Å². The van der Waals surface area contributed by atoms with Crippen molar-refractivity contribution in [2.45, 2.75) is 120 Å². The molecule has 51 heavy (non-hydrogen) atoms. The van der Waals surface area contributed by atoms with E-state index in [9.17, 15) is 14.3 Å². The summed E-state index contributed by atoms with van der Waals surface area (Å²) in [7, 11) is 0. The number of nitrogens with zero attached hydrogens (tertiary/aromatic N) is 4. The number of hydrogen-bond acceptors (Lipinski definition) is 6. The summed E-state index contributed by atoms with van der Waals surface area (Å²) in [6.07, 6.45) is 1.64. The molecule has 0 aliphatic carbocycles. The quantitative estimate of drug-likeness (QED) is 0.181. The van der Waals surface area contributed by atoms with Crippen LogP contribution in [0.25, 0.3) is 11.1 Å². The van der Waals surface area contributed by atoms with Gasteiger partial charge in [0.25, 0.3) is 0 Å². The lowest BCUT2D eigenvalue weighted by Crippen LogP contribution is -2.47. The molecule has 0 amide bonds. The van der Waals surface area contributed by atoms with Crippen molar-refractivity contribution in [2.75, 3.05) is 44.2 Å². The number of carboxylic acids is 1. The molecule has 0 unspecified atom stereocenters. The Kier molecular flexibility index (Phi) is 11.7. The lowest BCUT2D eigenvalue weighted by molar-refractivity contribution is -0.936. The fraction of sp³-hybridized carbons (Fsp3) is 0.581. The van der Waals surface area contributed by atoms with E-state index >= 15 is 0 Å². The number of halogens is 1. The molecule has 5 rings (SSSR count). The lowest BCUT2D eigenvalue weighted by atomic mass is 9.81. The highest BCUT2D eigenvalue weighted by Gasteiger charge is 2.36. The Hall–Kier alpha value is -3.33. The number of aliphatic carboxylic acids is 1. The van der Waals surface area contributed by atoms with Crippen LogP contribution in [0.15, 0.2) is 36.4 Å². The van der Waals surface area contributed by atoms with E-state index in [1.807, 2.05) is 40.7 Å². The van der Waals surface area contributed by atoms with E-state index in [0.717, 1.165) is 116 Å². The van der Waals surface area contributed by atoms with Crippen LogP contribution < -0.4 is 10.0 Å². The summed E-state index contributed by atoms with van der Waals surface area (Å²) in [5, 5.41) is 13.1. The van der Waals surface area contributed by atoms with E-state index in [-0.39, 0.29) is 11.2 Å². The van der Waals surface area contributed by atoms with Crippen molar-refractivity contribution in [1.82, 2.24) is 9.88 Å². The molecular weight excluding hydrogens is 639 g/mol. The number of anilines is 1. The van der Waals surface area contributed by atoms with Crippen LogP contribution in [-0.4, -0.2) is 65.2 Å². The average Bonchev–Trinajstić information content (AvgIpc) is 3.07. The third kappa shape index (κ3) is 8.83. The van der Waals surface area contributed by atoms with Crippen LogP contribution in [0.4, 0.5) is 10.1 Å². The Morgan fingerprint density at radius 1 is 1.00 bits per heavy atom. The highest BCUT2D eigenvalue weighted by molar-refractivity contribution is 5.88. The van der Waals surface area contributed by atoms with Gasteiger partial charge in [-0.05, 0) is 120 Å². The van der Waals surface area contributed by atoms with Crippen molar-refractivity contribution >= 4 is 11.7 Å². The summed E-state index contributed by atoms with van der Waals surface area (Å²) in [6, 6.07) is 11.9.